The van der Waals surface area contributed by atoms with Crippen LogP contribution in [0.15, 0.2) is 59.4 Å². The Labute approximate surface area is 221 Å². The van der Waals surface area contributed by atoms with Crippen LogP contribution in [0.5, 0.6) is 11.5 Å². The molecule has 190 valence electrons. The van der Waals surface area contributed by atoms with Crippen molar-refractivity contribution in [2.45, 2.75) is 45.1 Å². The minimum atomic E-state index is -0.631. The molecule has 1 aliphatic heterocycles. The molecule has 0 radical (unpaired) electrons. The lowest BCUT2D eigenvalue weighted by Crippen LogP contribution is -2.42. The minimum Gasteiger partial charge on any atom is -0.493 e. The molecule has 2 aliphatic rings. The monoisotopic (exact) mass is 529 g/mol. The lowest BCUT2D eigenvalue weighted by Gasteiger charge is -2.40. The molecular weight excluding hydrogens is 501 g/mol. The maximum atomic E-state index is 13.8. The van der Waals surface area contributed by atoms with E-state index in [1.54, 1.807) is 40.2 Å². The highest BCUT2D eigenvalue weighted by molar-refractivity contribution is 6.42. The summed E-state index contributed by atoms with van der Waals surface area (Å²) < 4.78 is 16.4. The lowest BCUT2D eigenvalue weighted by molar-refractivity contribution is -0.143. The van der Waals surface area contributed by atoms with Gasteiger partial charge in [0.1, 0.15) is 5.78 Å². The van der Waals surface area contributed by atoms with E-state index in [1.165, 1.54) is 0 Å². The second-order valence-corrected chi connectivity index (χ2v) is 10.0. The SMILES string of the molecule is COc1ccc(C2C=C3NC(C)=C(C(=O)OC(C)C)C(c4cccc(Cl)c4Cl)C3C(=O)C2)cc1OC. The number of hydrogen-bond acceptors (Lipinski definition) is 6. The maximum absolute atomic E-state index is 13.8. The van der Waals surface area contributed by atoms with Gasteiger partial charge >= 0.3 is 5.97 Å². The van der Waals surface area contributed by atoms with Gasteiger partial charge < -0.3 is 19.5 Å². The third-order valence-electron chi connectivity index (χ3n) is 6.58. The van der Waals surface area contributed by atoms with Crippen LogP contribution < -0.4 is 14.8 Å². The van der Waals surface area contributed by atoms with Crippen LogP contribution in [0, 0.1) is 5.92 Å². The number of halogens is 2. The molecule has 0 amide bonds. The zero-order valence-electron chi connectivity index (χ0n) is 20.9. The van der Waals surface area contributed by atoms with Crippen LogP contribution in [0.25, 0.3) is 0 Å². The Morgan fingerprint density at radius 3 is 2.44 bits per heavy atom. The van der Waals surface area contributed by atoms with Crippen molar-refractivity contribution in [3.63, 3.8) is 0 Å². The fraction of sp³-hybridized carbons (Fsp3) is 0.357. The van der Waals surface area contributed by atoms with Gasteiger partial charge in [-0.05, 0) is 50.1 Å². The summed E-state index contributed by atoms with van der Waals surface area (Å²) in [5.41, 5.74) is 3.27. The predicted octanol–water partition coefficient (Wildman–Crippen LogP) is 6.18. The van der Waals surface area contributed by atoms with Gasteiger partial charge in [0.25, 0.3) is 0 Å². The molecule has 2 aromatic rings. The van der Waals surface area contributed by atoms with E-state index >= 15 is 0 Å². The smallest absolute Gasteiger partial charge is 0.336 e. The first-order valence-corrected chi connectivity index (χ1v) is 12.5. The first-order valence-electron chi connectivity index (χ1n) is 11.7. The molecule has 2 aromatic carbocycles. The van der Waals surface area contributed by atoms with E-state index in [-0.39, 0.29) is 24.2 Å². The third-order valence-corrected chi connectivity index (χ3v) is 7.41. The lowest BCUT2D eigenvalue weighted by atomic mass is 9.68. The van der Waals surface area contributed by atoms with Gasteiger partial charge in [-0.2, -0.15) is 0 Å². The molecule has 8 heteroatoms. The summed E-state index contributed by atoms with van der Waals surface area (Å²) in [6, 6.07) is 10.9. The standard InChI is InChI=1S/C28H29Cl2NO5/c1-14(2)36-28(33)24-15(3)31-20-11-17(16-9-10-22(34-4)23(13-16)35-5)12-21(32)26(20)25(24)18-7-6-8-19(29)27(18)30/h6-11,13-14,17,25-26,31H,12H2,1-5H3. The van der Waals surface area contributed by atoms with Crippen LogP contribution in [0.1, 0.15) is 50.2 Å². The number of benzene rings is 2. The number of carbonyl (C=O) groups excluding carboxylic acids is 2. The van der Waals surface area contributed by atoms with E-state index in [0.717, 1.165) is 11.3 Å². The summed E-state index contributed by atoms with van der Waals surface area (Å²) in [6.45, 7) is 5.39. The number of methoxy groups -OCH3 is 2. The average Bonchev–Trinajstić information content (AvgIpc) is 2.83. The quantitative estimate of drug-likeness (QED) is 0.450. The summed E-state index contributed by atoms with van der Waals surface area (Å²) in [4.78, 5) is 27.0. The molecule has 1 N–H and O–H groups in total. The molecule has 3 unspecified atom stereocenters. The van der Waals surface area contributed by atoms with Gasteiger partial charge in [0.15, 0.2) is 11.5 Å². The van der Waals surface area contributed by atoms with Crippen molar-refractivity contribution in [2.24, 2.45) is 5.92 Å². The van der Waals surface area contributed by atoms with Gasteiger partial charge in [-0.1, -0.05) is 47.5 Å². The zero-order valence-corrected chi connectivity index (χ0v) is 22.4. The molecule has 3 atom stereocenters. The van der Waals surface area contributed by atoms with Crippen molar-refractivity contribution in [3.05, 3.63) is 80.6 Å². The van der Waals surface area contributed by atoms with Gasteiger partial charge in [-0.3, -0.25) is 4.79 Å². The van der Waals surface area contributed by atoms with Crippen LogP contribution in [-0.4, -0.2) is 32.1 Å². The van der Waals surface area contributed by atoms with Crippen molar-refractivity contribution < 1.29 is 23.8 Å². The van der Waals surface area contributed by atoms with Crippen LogP contribution in [0.3, 0.4) is 0 Å². The number of ketones is 1. The fourth-order valence-corrected chi connectivity index (χ4v) is 5.44. The fourth-order valence-electron chi connectivity index (χ4n) is 5.02. The van der Waals surface area contributed by atoms with Crippen molar-refractivity contribution in [1.29, 1.82) is 0 Å². The zero-order chi connectivity index (χ0) is 26.1. The van der Waals surface area contributed by atoms with Crippen LogP contribution in [-0.2, 0) is 14.3 Å². The van der Waals surface area contributed by atoms with E-state index < -0.39 is 17.8 Å². The highest BCUT2D eigenvalue weighted by Crippen LogP contribution is 2.49. The number of carbonyl (C=O) groups is 2. The third kappa shape index (κ3) is 4.84. The van der Waals surface area contributed by atoms with E-state index in [0.29, 0.717) is 38.4 Å². The first kappa shape index (κ1) is 26.1. The number of rotatable bonds is 6. The van der Waals surface area contributed by atoms with Crippen LogP contribution in [0.2, 0.25) is 10.0 Å². The number of hydrogen-bond donors (Lipinski definition) is 1. The molecule has 1 heterocycles. The Morgan fingerprint density at radius 1 is 1.06 bits per heavy atom. The van der Waals surface area contributed by atoms with Crippen LogP contribution >= 0.6 is 23.2 Å². The number of Topliss-reactive ketones (excluding diaryl/α,β-unsaturated/α-hetero) is 1. The molecular formula is C28H29Cl2NO5. The summed E-state index contributed by atoms with van der Waals surface area (Å²) in [5, 5.41) is 4.01. The summed E-state index contributed by atoms with van der Waals surface area (Å²) >= 11 is 13.0. The second-order valence-electron chi connectivity index (χ2n) is 9.23. The number of fused-ring (bicyclic) bond motifs is 1. The second kappa shape index (κ2) is 10.6. The highest BCUT2D eigenvalue weighted by Gasteiger charge is 2.46. The number of nitrogens with one attached hydrogen (secondary N) is 1. The Hall–Kier alpha value is -2.96. The van der Waals surface area contributed by atoms with Crippen molar-refractivity contribution in [3.8, 4) is 11.5 Å². The van der Waals surface area contributed by atoms with Gasteiger partial charge in [0.2, 0.25) is 0 Å². The molecule has 0 saturated heterocycles. The Morgan fingerprint density at radius 2 is 1.78 bits per heavy atom. The minimum absolute atomic E-state index is 0.0109. The number of allylic oxidation sites excluding steroid dienone is 3. The molecule has 4 rings (SSSR count). The van der Waals surface area contributed by atoms with Gasteiger partial charge in [-0.15, -0.1) is 0 Å². The molecule has 6 nitrogen and oxygen atoms in total. The Balaban J connectivity index is 1.84. The van der Waals surface area contributed by atoms with Gasteiger partial charge in [-0.25, -0.2) is 4.79 Å². The van der Waals surface area contributed by atoms with Crippen LogP contribution in [0.4, 0.5) is 0 Å². The predicted molar refractivity (Wildman–Crippen MR) is 140 cm³/mol. The molecule has 0 aromatic heterocycles. The summed E-state index contributed by atoms with van der Waals surface area (Å²) in [6.07, 6.45) is 1.99. The molecule has 0 bridgehead atoms. The summed E-state index contributed by atoms with van der Waals surface area (Å²) in [7, 11) is 3.16. The maximum Gasteiger partial charge on any atom is 0.336 e. The molecule has 1 aliphatic carbocycles. The Kier molecular flexibility index (Phi) is 7.67. The molecule has 36 heavy (non-hydrogen) atoms. The van der Waals surface area contributed by atoms with Crippen molar-refractivity contribution in [1.82, 2.24) is 5.32 Å². The normalized spacial score (nSPS) is 21.5. The van der Waals surface area contributed by atoms with Crippen molar-refractivity contribution in [2.75, 3.05) is 14.2 Å². The molecule has 0 fully saturated rings. The Bertz CT molecular complexity index is 1270. The summed E-state index contributed by atoms with van der Waals surface area (Å²) in [5.74, 6) is -0.716. The first-order chi connectivity index (χ1) is 17.2. The topological polar surface area (TPSA) is 73.9 Å². The van der Waals surface area contributed by atoms with Gasteiger partial charge in [0.05, 0.1) is 41.9 Å². The number of ether oxygens (including phenoxy) is 3. The van der Waals surface area contributed by atoms with Gasteiger partial charge in [0, 0.05) is 29.7 Å². The average molecular weight is 530 g/mol. The van der Waals surface area contributed by atoms with E-state index in [2.05, 4.69) is 5.32 Å². The molecule has 0 saturated carbocycles. The highest BCUT2D eigenvalue weighted by atomic mass is 35.5. The molecule has 0 spiro atoms. The number of esters is 1. The van der Waals surface area contributed by atoms with E-state index in [4.69, 9.17) is 37.4 Å². The largest absolute Gasteiger partial charge is 0.493 e. The van der Waals surface area contributed by atoms with Crippen molar-refractivity contribution >= 4 is 35.0 Å². The van der Waals surface area contributed by atoms with E-state index in [1.807, 2.05) is 37.3 Å². The van der Waals surface area contributed by atoms with E-state index in [9.17, 15) is 9.59 Å².